The molecule has 1 aromatic heterocycles. The molecule has 1 fully saturated rings. The largest absolute Gasteiger partial charge is 0.459 e. The normalized spacial score (nSPS) is 15.2. The molecule has 216 valence electrons. The van der Waals surface area contributed by atoms with Crippen LogP contribution in [0.5, 0.6) is 11.5 Å². The van der Waals surface area contributed by atoms with Crippen molar-refractivity contribution in [1.29, 1.82) is 0 Å². The SMILES string of the molecule is C/C=C1\C=CC(NC(=O)c2cc(Oc3ccc(-c4noc(C(=O)OCC)n4)cc3)cc(N(CC3CC3)C(C)=O)c2)=NC1. The molecule has 0 atom stereocenters. The molecule has 0 saturated heterocycles. The molecule has 0 unspecified atom stereocenters. The maximum atomic E-state index is 13.3. The average molecular weight is 570 g/mol. The summed E-state index contributed by atoms with van der Waals surface area (Å²) in [5.41, 5.74) is 2.56. The van der Waals surface area contributed by atoms with E-state index in [0.717, 1.165) is 18.4 Å². The maximum Gasteiger partial charge on any atom is 0.397 e. The van der Waals surface area contributed by atoms with E-state index in [-0.39, 0.29) is 30.1 Å². The number of esters is 1. The number of allylic oxidation sites excluding steroid dienone is 1. The van der Waals surface area contributed by atoms with Crippen molar-refractivity contribution in [2.45, 2.75) is 33.6 Å². The molecule has 3 aromatic rings. The molecule has 1 N–H and O–H groups in total. The van der Waals surface area contributed by atoms with E-state index in [1.807, 2.05) is 19.1 Å². The van der Waals surface area contributed by atoms with Crippen LogP contribution in [0.2, 0.25) is 0 Å². The van der Waals surface area contributed by atoms with Crippen molar-refractivity contribution >= 4 is 29.3 Å². The average Bonchev–Trinajstić information content (AvgIpc) is 3.68. The lowest BCUT2D eigenvalue weighted by Gasteiger charge is -2.23. The van der Waals surface area contributed by atoms with Gasteiger partial charge in [0.25, 0.3) is 5.91 Å². The van der Waals surface area contributed by atoms with E-state index in [1.54, 1.807) is 60.4 Å². The van der Waals surface area contributed by atoms with Crippen LogP contribution >= 0.6 is 0 Å². The number of anilines is 1. The molecule has 0 spiro atoms. The van der Waals surface area contributed by atoms with Gasteiger partial charge in [0, 0.05) is 36.3 Å². The van der Waals surface area contributed by atoms with Gasteiger partial charge in [-0.2, -0.15) is 4.98 Å². The first-order valence-electron chi connectivity index (χ1n) is 13.7. The number of aliphatic imine (C=N–C) groups is 1. The predicted octanol–water partition coefficient (Wildman–Crippen LogP) is 5.11. The third kappa shape index (κ3) is 6.98. The van der Waals surface area contributed by atoms with Crippen LogP contribution in [-0.2, 0) is 9.53 Å². The third-order valence-electron chi connectivity index (χ3n) is 6.71. The number of hydrogen-bond acceptors (Lipinski definition) is 9. The van der Waals surface area contributed by atoms with Crippen molar-refractivity contribution in [3.05, 3.63) is 77.7 Å². The van der Waals surface area contributed by atoms with Crippen molar-refractivity contribution in [2.24, 2.45) is 10.9 Å². The first kappa shape index (κ1) is 28.5. The molecule has 11 nitrogen and oxygen atoms in total. The van der Waals surface area contributed by atoms with Gasteiger partial charge in [0.1, 0.15) is 17.3 Å². The third-order valence-corrected chi connectivity index (χ3v) is 6.71. The van der Waals surface area contributed by atoms with Gasteiger partial charge in [-0.25, -0.2) is 4.79 Å². The van der Waals surface area contributed by atoms with Gasteiger partial charge in [0.05, 0.1) is 13.2 Å². The second-order valence-electron chi connectivity index (χ2n) is 9.91. The molecule has 1 aliphatic carbocycles. The van der Waals surface area contributed by atoms with Gasteiger partial charge < -0.3 is 24.2 Å². The van der Waals surface area contributed by atoms with Crippen LogP contribution in [0.15, 0.2) is 75.8 Å². The number of ether oxygens (including phenoxy) is 2. The zero-order chi connectivity index (χ0) is 29.6. The molecule has 0 bridgehead atoms. The summed E-state index contributed by atoms with van der Waals surface area (Å²) in [7, 11) is 0. The first-order chi connectivity index (χ1) is 20.3. The lowest BCUT2D eigenvalue weighted by atomic mass is 10.1. The summed E-state index contributed by atoms with van der Waals surface area (Å²) < 4.78 is 16.0. The zero-order valence-corrected chi connectivity index (χ0v) is 23.6. The Hall–Kier alpha value is -5.06. The van der Waals surface area contributed by atoms with Crippen LogP contribution in [0, 0.1) is 5.92 Å². The van der Waals surface area contributed by atoms with Crippen molar-refractivity contribution in [3.8, 4) is 22.9 Å². The molecule has 11 heteroatoms. The fourth-order valence-corrected chi connectivity index (χ4v) is 4.25. The number of carbonyl (C=O) groups excluding carboxylic acids is 3. The predicted molar refractivity (Wildman–Crippen MR) is 156 cm³/mol. The minimum absolute atomic E-state index is 0.115. The van der Waals surface area contributed by atoms with E-state index < -0.39 is 5.97 Å². The fraction of sp³-hybridized carbons (Fsp3) is 0.290. The van der Waals surface area contributed by atoms with Gasteiger partial charge in [-0.05, 0) is 80.7 Å². The van der Waals surface area contributed by atoms with E-state index in [4.69, 9.17) is 14.0 Å². The standard InChI is InChI=1S/C31H31N5O6/c1-4-20-8-13-27(32-17-20)33-29(38)23-14-24(36(19(3)37)18-21-6-7-21)16-26(15-23)41-25-11-9-22(10-12-25)28-34-30(42-35-28)31(39)40-5-2/h4,8-16,21H,5-7,17-18H2,1-3H3,(H,32,33,38)/b20-4+. The fourth-order valence-electron chi connectivity index (χ4n) is 4.25. The van der Waals surface area contributed by atoms with Crippen LogP contribution < -0.4 is 15.0 Å². The minimum Gasteiger partial charge on any atom is -0.459 e. The number of rotatable bonds is 9. The lowest BCUT2D eigenvalue weighted by Crippen LogP contribution is -2.32. The van der Waals surface area contributed by atoms with Crippen LogP contribution in [0.1, 0.15) is 54.7 Å². The number of amidine groups is 1. The Kier molecular flexibility index (Phi) is 8.56. The maximum absolute atomic E-state index is 13.3. The van der Waals surface area contributed by atoms with Gasteiger partial charge in [-0.1, -0.05) is 17.3 Å². The molecule has 42 heavy (non-hydrogen) atoms. The molecule has 2 heterocycles. The number of nitrogens with zero attached hydrogens (tertiary/aromatic N) is 4. The van der Waals surface area contributed by atoms with Crippen molar-refractivity contribution < 1.29 is 28.4 Å². The molecular weight excluding hydrogens is 538 g/mol. The number of amides is 2. The van der Waals surface area contributed by atoms with Crippen LogP contribution in [-0.4, -0.2) is 53.5 Å². The van der Waals surface area contributed by atoms with Gasteiger partial charge in [-0.3, -0.25) is 14.6 Å². The summed E-state index contributed by atoms with van der Waals surface area (Å²) in [5.74, 6) is 0.594. The van der Waals surface area contributed by atoms with E-state index in [9.17, 15) is 14.4 Å². The van der Waals surface area contributed by atoms with E-state index in [0.29, 0.717) is 53.2 Å². The molecule has 1 aliphatic heterocycles. The summed E-state index contributed by atoms with van der Waals surface area (Å²) >= 11 is 0. The number of carbonyl (C=O) groups is 3. The monoisotopic (exact) mass is 569 g/mol. The molecule has 2 aromatic carbocycles. The molecular formula is C31H31N5O6. The number of nitrogens with one attached hydrogen (secondary N) is 1. The van der Waals surface area contributed by atoms with Crippen molar-refractivity contribution in [1.82, 2.24) is 15.5 Å². The number of benzene rings is 2. The van der Waals surface area contributed by atoms with Gasteiger partial charge in [0.15, 0.2) is 0 Å². The number of aromatic nitrogens is 2. The summed E-state index contributed by atoms with van der Waals surface area (Å²) in [6, 6.07) is 11.9. The molecule has 1 saturated carbocycles. The summed E-state index contributed by atoms with van der Waals surface area (Å²) in [4.78, 5) is 47.9. The van der Waals surface area contributed by atoms with E-state index in [2.05, 4.69) is 20.4 Å². The van der Waals surface area contributed by atoms with E-state index >= 15 is 0 Å². The summed E-state index contributed by atoms with van der Waals surface area (Å²) in [6.45, 7) is 6.40. The number of dihydropyridines is 1. The Morgan fingerprint density at radius 2 is 1.88 bits per heavy atom. The second-order valence-corrected chi connectivity index (χ2v) is 9.91. The molecule has 2 aliphatic rings. The second kappa shape index (κ2) is 12.6. The minimum atomic E-state index is -0.689. The van der Waals surface area contributed by atoms with E-state index in [1.165, 1.54) is 6.92 Å². The van der Waals surface area contributed by atoms with Gasteiger partial charge >= 0.3 is 11.9 Å². The van der Waals surface area contributed by atoms with Crippen LogP contribution in [0.3, 0.4) is 0 Å². The van der Waals surface area contributed by atoms with Gasteiger partial charge in [0.2, 0.25) is 11.7 Å². The smallest absolute Gasteiger partial charge is 0.397 e. The summed E-state index contributed by atoms with van der Waals surface area (Å²) in [6.07, 6.45) is 7.78. The highest BCUT2D eigenvalue weighted by atomic mass is 16.6. The highest BCUT2D eigenvalue weighted by molar-refractivity contribution is 6.11. The molecule has 2 amide bonds. The Morgan fingerprint density at radius 1 is 1.10 bits per heavy atom. The van der Waals surface area contributed by atoms with Crippen LogP contribution in [0.25, 0.3) is 11.4 Å². The van der Waals surface area contributed by atoms with Crippen LogP contribution in [0.4, 0.5) is 5.69 Å². The topological polar surface area (TPSA) is 136 Å². The lowest BCUT2D eigenvalue weighted by molar-refractivity contribution is -0.116. The first-order valence-corrected chi connectivity index (χ1v) is 13.7. The highest BCUT2D eigenvalue weighted by Crippen LogP contribution is 2.34. The zero-order valence-electron chi connectivity index (χ0n) is 23.6. The van der Waals surface area contributed by atoms with Crippen molar-refractivity contribution in [2.75, 3.05) is 24.6 Å². The quantitative estimate of drug-likeness (QED) is 0.351. The Labute approximate surface area is 242 Å². The molecule has 0 radical (unpaired) electrons. The number of hydrogen-bond donors (Lipinski definition) is 1. The molecule has 5 rings (SSSR count). The Morgan fingerprint density at radius 3 is 2.52 bits per heavy atom. The highest BCUT2D eigenvalue weighted by Gasteiger charge is 2.27. The Balaban J connectivity index is 1.38. The Bertz CT molecular complexity index is 1580. The van der Waals surface area contributed by atoms with Crippen molar-refractivity contribution in [3.63, 3.8) is 0 Å². The summed E-state index contributed by atoms with van der Waals surface area (Å²) in [5, 5.41) is 6.69. The van der Waals surface area contributed by atoms with Gasteiger partial charge in [-0.15, -0.1) is 0 Å².